The third-order valence-corrected chi connectivity index (χ3v) is 4.37. The summed E-state index contributed by atoms with van der Waals surface area (Å²) in [4.78, 5) is 28.7. The van der Waals surface area contributed by atoms with Crippen LogP contribution in [0.25, 0.3) is 10.2 Å². The Bertz CT molecular complexity index is 856. The van der Waals surface area contributed by atoms with Crippen LogP contribution in [-0.2, 0) is 16.0 Å². The molecule has 3 rings (SSSR count). The lowest BCUT2D eigenvalue weighted by Gasteiger charge is -2.10. The molecule has 0 aliphatic rings. The van der Waals surface area contributed by atoms with Crippen LogP contribution in [0.5, 0.6) is 5.75 Å². The van der Waals surface area contributed by atoms with E-state index in [-0.39, 0.29) is 6.42 Å². The molecule has 0 spiro atoms. The summed E-state index contributed by atoms with van der Waals surface area (Å²) in [6.45, 7) is 2.34. The number of carbonyl (C=O) groups is 2. The molecule has 0 bridgehead atoms. The quantitative estimate of drug-likeness (QED) is 0.698. The van der Waals surface area contributed by atoms with Gasteiger partial charge in [-0.2, -0.15) is 0 Å². The van der Waals surface area contributed by atoms with Crippen LogP contribution >= 0.6 is 11.3 Å². The molecule has 1 heterocycles. The largest absolute Gasteiger partial charge is 0.492 e. The average Bonchev–Trinajstić information content (AvgIpc) is 2.99. The molecule has 3 aromatic rings. The Morgan fingerprint density at radius 1 is 1.12 bits per heavy atom. The van der Waals surface area contributed by atoms with Crippen molar-refractivity contribution in [3.63, 3.8) is 0 Å². The Hall–Kier alpha value is -2.73. The molecule has 0 saturated heterocycles. The van der Waals surface area contributed by atoms with Crippen molar-refractivity contribution in [3.8, 4) is 5.75 Å². The second-order valence-corrected chi connectivity index (χ2v) is 6.17. The molecule has 24 heavy (non-hydrogen) atoms. The minimum atomic E-state index is -0.665. The number of hydrogen-bond acceptors (Lipinski definition) is 5. The molecule has 1 aromatic heterocycles. The van der Waals surface area contributed by atoms with E-state index >= 15 is 0 Å². The Morgan fingerprint density at radius 3 is 2.67 bits per heavy atom. The number of carbonyl (C=O) groups excluding carboxylic acids is 2. The van der Waals surface area contributed by atoms with E-state index in [0.29, 0.717) is 23.1 Å². The number of ketones is 1. The van der Waals surface area contributed by atoms with Crippen LogP contribution in [0.1, 0.15) is 11.9 Å². The standard InChI is InChI=1S/C18H16N2O3S/c1-2-23-15-9-5-3-7-12(15)20-18(22)14(21)11-17-19-13-8-4-6-10-16(13)24-17/h3-10H,2,11H2,1H3,(H,20,22). The molecule has 0 radical (unpaired) electrons. The first-order valence-corrected chi connectivity index (χ1v) is 8.39. The maximum Gasteiger partial charge on any atom is 0.292 e. The zero-order valence-corrected chi connectivity index (χ0v) is 13.9. The Balaban J connectivity index is 1.70. The van der Waals surface area contributed by atoms with E-state index < -0.39 is 11.7 Å². The summed E-state index contributed by atoms with van der Waals surface area (Å²) in [5.74, 6) is -0.650. The van der Waals surface area contributed by atoms with E-state index in [1.165, 1.54) is 11.3 Å². The van der Waals surface area contributed by atoms with Gasteiger partial charge in [0.05, 0.1) is 28.9 Å². The van der Waals surface area contributed by atoms with Crippen molar-refractivity contribution in [1.82, 2.24) is 4.98 Å². The molecule has 0 saturated carbocycles. The van der Waals surface area contributed by atoms with Gasteiger partial charge in [-0.3, -0.25) is 9.59 Å². The van der Waals surface area contributed by atoms with Crippen molar-refractivity contribution in [2.24, 2.45) is 0 Å². The number of benzene rings is 2. The van der Waals surface area contributed by atoms with Crippen molar-refractivity contribution >= 4 is 38.9 Å². The number of fused-ring (bicyclic) bond motifs is 1. The summed E-state index contributed by atoms with van der Waals surface area (Å²) in [5.41, 5.74) is 1.33. The highest BCUT2D eigenvalue weighted by molar-refractivity contribution is 7.18. The number of nitrogens with zero attached hydrogens (tertiary/aromatic N) is 1. The van der Waals surface area contributed by atoms with Crippen LogP contribution in [0.15, 0.2) is 48.5 Å². The lowest BCUT2D eigenvalue weighted by Crippen LogP contribution is -2.24. The zero-order valence-electron chi connectivity index (χ0n) is 13.1. The fourth-order valence-corrected chi connectivity index (χ4v) is 3.22. The van der Waals surface area contributed by atoms with Gasteiger partial charge in [0.1, 0.15) is 10.8 Å². The summed E-state index contributed by atoms with van der Waals surface area (Å²) >= 11 is 1.42. The van der Waals surface area contributed by atoms with Crippen molar-refractivity contribution in [2.75, 3.05) is 11.9 Å². The minimum Gasteiger partial charge on any atom is -0.492 e. The van der Waals surface area contributed by atoms with Crippen LogP contribution < -0.4 is 10.1 Å². The lowest BCUT2D eigenvalue weighted by atomic mass is 10.2. The van der Waals surface area contributed by atoms with Crippen molar-refractivity contribution in [3.05, 3.63) is 53.5 Å². The summed E-state index contributed by atoms with van der Waals surface area (Å²) in [6.07, 6.45) is -0.0119. The maximum absolute atomic E-state index is 12.2. The number of ether oxygens (including phenoxy) is 1. The first-order valence-electron chi connectivity index (χ1n) is 7.58. The summed E-state index contributed by atoms with van der Waals surface area (Å²) < 4.78 is 6.44. The number of nitrogens with one attached hydrogen (secondary N) is 1. The summed E-state index contributed by atoms with van der Waals surface area (Å²) in [7, 11) is 0. The van der Waals surface area contributed by atoms with Crippen molar-refractivity contribution in [1.29, 1.82) is 0 Å². The zero-order chi connectivity index (χ0) is 16.9. The van der Waals surface area contributed by atoms with Gasteiger partial charge in [0, 0.05) is 0 Å². The smallest absolute Gasteiger partial charge is 0.292 e. The summed E-state index contributed by atoms with van der Waals surface area (Å²) in [6, 6.07) is 14.7. The van der Waals surface area contributed by atoms with Crippen molar-refractivity contribution < 1.29 is 14.3 Å². The highest BCUT2D eigenvalue weighted by Crippen LogP contribution is 2.24. The van der Waals surface area contributed by atoms with Gasteiger partial charge in [0.2, 0.25) is 5.78 Å². The normalized spacial score (nSPS) is 10.5. The molecule has 5 nitrogen and oxygen atoms in total. The van der Waals surface area contributed by atoms with Gasteiger partial charge in [-0.05, 0) is 31.2 Å². The number of para-hydroxylation sites is 3. The van der Waals surface area contributed by atoms with Gasteiger partial charge in [0.15, 0.2) is 0 Å². The first-order chi connectivity index (χ1) is 11.7. The number of anilines is 1. The second-order valence-electron chi connectivity index (χ2n) is 5.06. The average molecular weight is 340 g/mol. The molecule has 0 atom stereocenters. The SMILES string of the molecule is CCOc1ccccc1NC(=O)C(=O)Cc1nc2ccccc2s1. The monoisotopic (exact) mass is 340 g/mol. The molecule has 1 amide bonds. The molecule has 0 fully saturated rings. The van der Waals surface area contributed by atoms with Gasteiger partial charge < -0.3 is 10.1 Å². The van der Waals surface area contributed by atoms with E-state index in [4.69, 9.17) is 4.74 Å². The number of rotatable bonds is 6. The minimum absolute atomic E-state index is 0.0119. The van der Waals surface area contributed by atoms with E-state index in [2.05, 4.69) is 10.3 Å². The third-order valence-electron chi connectivity index (χ3n) is 3.34. The van der Waals surface area contributed by atoms with Gasteiger partial charge in [-0.15, -0.1) is 11.3 Å². The van der Waals surface area contributed by atoms with Crippen LogP contribution in [-0.4, -0.2) is 23.3 Å². The fraction of sp³-hybridized carbons (Fsp3) is 0.167. The van der Waals surface area contributed by atoms with E-state index in [0.717, 1.165) is 10.2 Å². The number of Topliss-reactive ketones (excluding diaryl/α,β-unsaturated/α-hetero) is 1. The van der Waals surface area contributed by atoms with E-state index in [1.807, 2.05) is 37.3 Å². The molecule has 0 unspecified atom stereocenters. The van der Waals surface area contributed by atoms with Crippen LogP contribution in [0.3, 0.4) is 0 Å². The number of thiazole rings is 1. The first kappa shape index (κ1) is 16.1. The van der Waals surface area contributed by atoms with Gasteiger partial charge in [-0.1, -0.05) is 24.3 Å². The van der Waals surface area contributed by atoms with Crippen LogP contribution in [0, 0.1) is 0 Å². The lowest BCUT2D eigenvalue weighted by molar-refractivity contribution is -0.134. The van der Waals surface area contributed by atoms with Crippen LogP contribution in [0.2, 0.25) is 0 Å². The van der Waals surface area contributed by atoms with Crippen molar-refractivity contribution in [2.45, 2.75) is 13.3 Å². The molecular formula is C18H16N2O3S. The molecule has 122 valence electrons. The Morgan fingerprint density at radius 2 is 1.88 bits per heavy atom. The highest BCUT2D eigenvalue weighted by Gasteiger charge is 2.18. The fourth-order valence-electron chi connectivity index (χ4n) is 2.26. The molecule has 0 aliphatic heterocycles. The van der Waals surface area contributed by atoms with Gasteiger partial charge >= 0.3 is 0 Å². The molecule has 2 aromatic carbocycles. The molecular weight excluding hydrogens is 324 g/mol. The highest BCUT2D eigenvalue weighted by atomic mass is 32.1. The summed E-state index contributed by atoms with van der Waals surface area (Å²) in [5, 5.41) is 3.25. The second kappa shape index (κ2) is 7.23. The van der Waals surface area contributed by atoms with E-state index in [1.54, 1.807) is 18.2 Å². The number of aromatic nitrogens is 1. The topological polar surface area (TPSA) is 68.3 Å². The predicted octanol–water partition coefficient (Wildman–Crippen LogP) is 3.45. The predicted molar refractivity (Wildman–Crippen MR) is 94.6 cm³/mol. The van der Waals surface area contributed by atoms with E-state index in [9.17, 15) is 9.59 Å². The Labute approximate surface area is 143 Å². The molecule has 0 aliphatic carbocycles. The Kier molecular flexibility index (Phi) is 4.86. The third kappa shape index (κ3) is 3.60. The van der Waals surface area contributed by atoms with Gasteiger partial charge in [-0.25, -0.2) is 4.98 Å². The molecule has 6 heteroatoms. The van der Waals surface area contributed by atoms with Crippen LogP contribution in [0.4, 0.5) is 5.69 Å². The van der Waals surface area contributed by atoms with Gasteiger partial charge in [0.25, 0.3) is 5.91 Å². The number of hydrogen-bond donors (Lipinski definition) is 1. The molecule has 1 N–H and O–H groups in total. The number of amides is 1. The maximum atomic E-state index is 12.2.